The predicted octanol–water partition coefficient (Wildman–Crippen LogP) is 3.65. The van der Waals surface area contributed by atoms with Crippen molar-refractivity contribution in [2.75, 3.05) is 21.3 Å². The Kier molecular flexibility index (Phi) is 5.93. The molecule has 0 saturated heterocycles. The van der Waals surface area contributed by atoms with Crippen molar-refractivity contribution in [3.05, 3.63) is 53.0 Å². The van der Waals surface area contributed by atoms with Crippen LogP contribution in [0, 0.1) is 0 Å². The Bertz CT molecular complexity index is 923. The molecule has 0 radical (unpaired) electrons. The summed E-state index contributed by atoms with van der Waals surface area (Å²) in [5.74, 6) is 1.41. The summed E-state index contributed by atoms with van der Waals surface area (Å²) in [6.45, 7) is 0.333. The van der Waals surface area contributed by atoms with Gasteiger partial charge in [0.1, 0.15) is 5.01 Å². The van der Waals surface area contributed by atoms with Crippen LogP contribution in [0.2, 0.25) is 0 Å². The summed E-state index contributed by atoms with van der Waals surface area (Å²) in [4.78, 5) is 16.6. The summed E-state index contributed by atoms with van der Waals surface area (Å²) in [7, 11) is 4.66. The number of carbonyl (C=O) groups excluding carboxylic acids is 1. The number of fused-ring (bicyclic) bond motifs is 1. The van der Waals surface area contributed by atoms with Crippen LogP contribution in [0.1, 0.15) is 10.6 Å². The molecule has 0 fully saturated rings. The minimum atomic E-state index is -0.206. The molecule has 0 spiro atoms. The van der Waals surface area contributed by atoms with Crippen molar-refractivity contribution in [3.63, 3.8) is 0 Å². The topological polar surface area (TPSA) is 69.7 Å². The first kappa shape index (κ1) is 18.7. The van der Waals surface area contributed by atoms with E-state index in [0.29, 0.717) is 23.8 Å². The highest BCUT2D eigenvalue weighted by Crippen LogP contribution is 2.38. The molecule has 0 aliphatic carbocycles. The highest BCUT2D eigenvalue weighted by molar-refractivity contribution is 7.19. The van der Waals surface area contributed by atoms with Crippen LogP contribution in [0.4, 0.5) is 0 Å². The van der Waals surface area contributed by atoms with E-state index in [9.17, 15) is 4.79 Å². The summed E-state index contributed by atoms with van der Waals surface area (Å²) in [5, 5.41) is 3.63. The van der Waals surface area contributed by atoms with Gasteiger partial charge in [-0.1, -0.05) is 12.1 Å². The maximum absolute atomic E-state index is 12.1. The van der Waals surface area contributed by atoms with E-state index in [1.807, 2.05) is 24.3 Å². The van der Waals surface area contributed by atoms with Gasteiger partial charge in [-0.2, -0.15) is 0 Å². The summed E-state index contributed by atoms with van der Waals surface area (Å²) < 4.78 is 17.0. The van der Waals surface area contributed by atoms with Crippen molar-refractivity contribution in [2.45, 2.75) is 6.54 Å². The Morgan fingerprint density at radius 3 is 2.44 bits per heavy atom. The largest absolute Gasteiger partial charge is 0.493 e. The second kappa shape index (κ2) is 8.55. The molecule has 3 aromatic rings. The number of hydrogen-bond donors (Lipinski definition) is 1. The van der Waals surface area contributed by atoms with E-state index >= 15 is 0 Å². The number of aromatic nitrogens is 1. The first-order chi connectivity index (χ1) is 13.1. The predicted molar refractivity (Wildman–Crippen MR) is 107 cm³/mol. The minimum Gasteiger partial charge on any atom is -0.493 e. The Morgan fingerprint density at radius 1 is 1.11 bits per heavy atom. The molecule has 3 rings (SSSR count). The fourth-order valence-corrected chi connectivity index (χ4v) is 3.46. The second-order valence-corrected chi connectivity index (χ2v) is 6.67. The molecule has 6 nitrogen and oxygen atoms in total. The van der Waals surface area contributed by atoms with Crippen LogP contribution in [-0.2, 0) is 11.3 Å². The Morgan fingerprint density at radius 2 is 1.81 bits per heavy atom. The first-order valence-corrected chi connectivity index (χ1v) is 9.06. The zero-order valence-electron chi connectivity index (χ0n) is 15.3. The van der Waals surface area contributed by atoms with E-state index in [4.69, 9.17) is 14.2 Å². The van der Waals surface area contributed by atoms with Gasteiger partial charge in [0.2, 0.25) is 11.7 Å². The van der Waals surface area contributed by atoms with E-state index in [2.05, 4.69) is 10.3 Å². The molecule has 27 heavy (non-hydrogen) atoms. The standard InChI is InChI=1S/C20H20N2O4S/c1-24-15-10-13(11-16(25-2)20(15)26-3)12-21-18(23)8-9-19-22-14-6-4-5-7-17(14)27-19/h4-11H,12H2,1-3H3,(H,21,23)/b9-8+. The normalized spacial score (nSPS) is 10.9. The van der Waals surface area contributed by atoms with Gasteiger partial charge in [0.15, 0.2) is 11.5 Å². The van der Waals surface area contributed by atoms with Gasteiger partial charge in [-0.25, -0.2) is 4.98 Å². The summed E-state index contributed by atoms with van der Waals surface area (Å²) >= 11 is 1.54. The first-order valence-electron chi connectivity index (χ1n) is 8.25. The molecule has 0 saturated carbocycles. The summed E-state index contributed by atoms with van der Waals surface area (Å²) in [5.41, 5.74) is 1.77. The van der Waals surface area contributed by atoms with Gasteiger partial charge in [-0.05, 0) is 35.9 Å². The van der Waals surface area contributed by atoms with Gasteiger partial charge in [0.05, 0.1) is 31.5 Å². The zero-order chi connectivity index (χ0) is 19.2. The van der Waals surface area contributed by atoms with Crippen LogP contribution < -0.4 is 19.5 Å². The van der Waals surface area contributed by atoms with E-state index in [1.165, 1.54) is 6.08 Å². The molecular formula is C20H20N2O4S. The van der Waals surface area contributed by atoms with Gasteiger partial charge >= 0.3 is 0 Å². The van der Waals surface area contributed by atoms with Crippen LogP contribution in [-0.4, -0.2) is 32.2 Å². The number of hydrogen-bond acceptors (Lipinski definition) is 6. The number of thiazole rings is 1. The molecule has 1 aromatic heterocycles. The van der Waals surface area contributed by atoms with Crippen LogP contribution in [0.15, 0.2) is 42.5 Å². The van der Waals surface area contributed by atoms with Crippen molar-refractivity contribution in [1.29, 1.82) is 0 Å². The van der Waals surface area contributed by atoms with Crippen LogP contribution in [0.25, 0.3) is 16.3 Å². The third-order valence-corrected chi connectivity index (χ3v) is 4.88. The van der Waals surface area contributed by atoms with Crippen LogP contribution >= 0.6 is 11.3 Å². The van der Waals surface area contributed by atoms with Gasteiger partial charge in [0.25, 0.3) is 0 Å². The lowest BCUT2D eigenvalue weighted by molar-refractivity contribution is -0.116. The Balaban J connectivity index is 1.66. The molecule has 0 unspecified atom stereocenters. The van der Waals surface area contributed by atoms with Crippen molar-refractivity contribution >= 4 is 33.5 Å². The molecule has 0 atom stereocenters. The molecule has 0 bridgehead atoms. The van der Waals surface area contributed by atoms with Crippen molar-refractivity contribution in [3.8, 4) is 17.2 Å². The molecular weight excluding hydrogens is 364 g/mol. The molecule has 140 valence electrons. The number of ether oxygens (including phenoxy) is 3. The maximum atomic E-state index is 12.1. The third-order valence-electron chi connectivity index (χ3n) is 3.88. The average Bonchev–Trinajstić information content (AvgIpc) is 3.12. The number of carbonyl (C=O) groups is 1. The van der Waals surface area contributed by atoms with E-state index in [0.717, 1.165) is 20.8 Å². The minimum absolute atomic E-state index is 0.206. The zero-order valence-corrected chi connectivity index (χ0v) is 16.1. The van der Waals surface area contributed by atoms with Gasteiger partial charge in [0, 0.05) is 12.6 Å². The maximum Gasteiger partial charge on any atom is 0.244 e. The molecule has 1 N–H and O–H groups in total. The Labute approximate surface area is 161 Å². The monoisotopic (exact) mass is 384 g/mol. The number of amides is 1. The Hall–Kier alpha value is -3.06. The lowest BCUT2D eigenvalue weighted by atomic mass is 10.1. The van der Waals surface area contributed by atoms with Crippen molar-refractivity contribution < 1.29 is 19.0 Å². The third kappa shape index (κ3) is 4.38. The SMILES string of the molecule is COc1cc(CNC(=O)/C=C/c2nc3ccccc3s2)cc(OC)c1OC. The number of nitrogens with zero attached hydrogens (tertiary/aromatic N) is 1. The van der Waals surface area contributed by atoms with Crippen LogP contribution in [0.5, 0.6) is 17.2 Å². The second-order valence-electron chi connectivity index (χ2n) is 5.60. The van der Waals surface area contributed by atoms with Crippen LogP contribution in [0.3, 0.4) is 0 Å². The average molecular weight is 384 g/mol. The van der Waals surface area contributed by atoms with Gasteiger partial charge < -0.3 is 19.5 Å². The van der Waals surface area contributed by atoms with Crippen molar-refractivity contribution in [2.24, 2.45) is 0 Å². The quantitative estimate of drug-likeness (QED) is 0.630. The smallest absolute Gasteiger partial charge is 0.244 e. The number of rotatable bonds is 7. The summed E-state index contributed by atoms with van der Waals surface area (Å²) in [6.07, 6.45) is 3.20. The number of methoxy groups -OCH3 is 3. The fourth-order valence-electron chi connectivity index (χ4n) is 2.59. The number of para-hydroxylation sites is 1. The molecule has 1 amide bonds. The van der Waals surface area contributed by atoms with Gasteiger partial charge in [-0.15, -0.1) is 11.3 Å². The number of benzene rings is 2. The van der Waals surface area contributed by atoms with E-state index in [1.54, 1.807) is 50.9 Å². The fraction of sp³-hybridized carbons (Fsp3) is 0.200. The molecule has 0 aliphatic heterocycles. The summed E-state index contributed by atoms with van der Waals surface area (Å²) in [6, 6.07) is 11.5. The van der Waals surface area contributed by atoms with E-state index in [-0.39, 0.29) is 5.91 Å². The molecule has 0 aliphatic rings. The highest BCUT2D eigenvalue weighted by Gasteiger charge is 2.13. The van der Waals surface area contributed by atoms with Crippen molar-refractivity contribution in [1.82, 2.24) is 10.3 Å². The van der Waals surface area contributed by atoms with E-state index < -0.39 is 0 Å². The lowest BCUT2D eigenvalue weighted by Crippen LogP contribution is -2.20. The molecule has 1 heterocycles. The lowest BCUT2D eigenvalue weighted by Gasteiger charge is -2.14. The van der Waals surface area contributed by atoms with Gasteiger partial charge in [-0.3, -0.25) is 4.79 Å². The highest BCUT2D eigenvalue weighted by atomic mass is 32.1. The molecule has 2 aromatic carbocycles. The number of nitrogens with one attached hydrogen (secondary N) is 1. The molecule has 7 heteroatoms.